The molecule has 1 aromatic rings. The van der Waals surface area contributed by atoms with Gasteiger partial charge in [0.25, 0.3) is 10.1 Å². The van der Waals surface area contributed by atoms with Gasteiger partial charge in [-0.1, -0.05) is 23.2 Å². The maximum atomic E-state index is 11.1. The van der Waals surface area contributed by atoms with Gasteiger partial charge in [-0.05, 0) is 6.07 Å². The molecule has 0 atom stereocenters. The fraction of sp³-hybridized carbons (Fsp3) is 0.286. The second-order valence-electron chi connectivity index (χ2n) is 2.45. The number of nitrogens with zero attached hydrogens (tertiary/aromatic N) is 1. The number of aromatic nitrogens is 1. The summed E-state index contributed by atoms with van der Waals surface area (Å²) in [5.41, 5.74) is 0.220. The lowest BCUT2D eigenvalue weighted by Gasteiger charge is -2.03. The molecule has 0 saturated heterocycles. The Morgan fingerprint density at radius 3 is 2.64 bits per heavy atom. The molecule has 0 unspecified atom stereocenters. The van der Waals surface area contributed by atoms with Crippen molar-refractivity contribution >= 4 is 33.3 Å². The van der Waals surface area contributed by atoms with E-state index in [2.05, 4.69) is 9.17 Å². The van der Waals surface area contributed by atoms with Crippen LogP contribution in [0.5, 0.6) is 0 Å². The normalized spacial score (nSPS) is 11.6. The van der Waals surface area contributed by atoms with Crippen molar-refractivity contribution < 1.29 is 12.6 Å². The van der Waals surface area contributed by atoms with E-state index in [4.69, 9.17) is 23.2 Å². The summed E-state index contributed by atoms with van der Waals surface area (Å²) in [6.45, 7) is 0. The lowest BCUT2D eigenvalue weighted by atomic mass is 10.4. The van der Waals surface area contributed by atoms with Gasteiger partial charge in [-0.15, -0.1) is 0 Å². The first kappa shape index (κ1) is 11.7. The fourth-order valence-corrected chi connectivity index (χ4v) is 1.98. The van der Waals surface area contributed by atoms with Gasteiger partial charge in [-0.25, -0.2) is 0 Å². The van der Waals surface area contributed by atoms with Gasteiger partial charge in [0.1, 0.15) is 5.75 Å². The third-order valence-electron chi connectivity index (χ3n) is 1.45. The second kappa shape index (κ2) is 4.44. The summed E-state index contributed by atoms with van der Waals surface area (Å²) in [5, 5.41) is 0.562. The van der Waals surface area contributed by atoms with Crippen LogP contribution in [0.2, 0.25) is 10.0 Å². The summed E-state index contributed by atoms with van der Waals surface area (Å²) in [6.07, 6.45) is 1.33. The monoisotopic (exact) mass is 255 g/mol. The minimum atomic E-state index is -3.60. The lowest BCUT2D eigenvalue weighted by Crippen LogP contribution is -2.07. The molecule has 0 aliphatic carbocycles. The maximum Gasteiger partial charge on any atom is 0.272 e. The van der Waals surface area contributed by atoms with E-state index in [9.17, 15) is 8.42 Å². The minimum Gasteiger partial charge on any atom is -0.273 e. The van der Waals surface area contributed by atoms with Crippen molar-refractivity contribution in [2.45, 2.75) is 5.75 Å². The summed E-state index contributed by atoms with van der Waals surface area (Å²) >= 11 is 11.3. The topological polar surface area (TPSA) is 56.3 Å². The van der Waals surface area contributed by atoms with Crippen molar-refractivity contribution in [3.63, 3.8) is 0 Å². The smallest absolute Gasteiger partial charge is 0.272 e. The van der Waals surface area contributed by atoms with E-state index in [1.54, 1.807) is 0 Å². The molecule has 1 aromatic heterocycles. The summed E-state index contributed by atoms with van der Waals surface area (Å²) in [6, 6.07) is 1.43. The number of hydrogen-bond donors (Lipinski definition) is 0. The molecular weight excluding hydrogens is 249 g/mol. The van der Waals surface area contributed by atoms with Crippen LogP contribution in [0.3, 0.4) is 0 Å². The van der Waals surface area contributed by atoms with Gasteiger partial charge < -0.3 is 0 Å². The summed E-state index contributed by atoms with van der Waals surface area (Å²) < 4.78 is 26.4. The standard InChI is InChI=1S/C7H7Cl2NO3S/c1-13-14(11,12)4-7-6(9)2-5(8)3-10-7/h2-3H,4H2,1H3. The Balaban J connectivity index is 2.99. The number of halogens is 2. The van der Waals surface area contributed by atoms with Crippen LogP contribution in [0.1, 0.15) is 5.69 Å². The highest BCUT2D eigenvalue weighted by molar-refractivity contribution is 7.85. The van der Waals surface area contributed by atoms with Crippen molar-refractivity contribution in [3.05, 3.63) is 28.0 Å². The molecule has 78 valence electrons. The Morgan fingerprint density at radius 1 is 1.50 bits per heavy atom. The molecule has 7 heteroatoms. The molecule has 4 nitrogen and oxygen atoms in total. The van der Waals surface area contributed by atoms with Crippen molar-refractivity contribution in [3.8, 4) is 0 Å². The van der Waals surface area contributed by atoms with Crippen molar-refractivity contribution in [1.29, 1.82) is 0 Å². The molecule has 0 spiro atoms. The van der Waals surface area contributed by atoms with E-state index >= 15 is 0 Å². The first-order valence-electron chi connectivity index (χ1n) is 3.53. The van der Waals surface area contributed by atoms with Crippen LogP contribution in [-0.4, -0.2) is 20.5 Å². The summed E-state index contributed by atoms with van der Waals surface area (Å²) in [4.78, 5) is 3.79. The first-order chi connectivity index (χ1) is 6.44. The third-order valence-corrected chi connectivity index (χ3v) is 3.12. The van der Waals surface area contributed by atoms with Gasteiger partial charge in [0, 0.05) is 6.20 Å². The first-order valence-corrected chi connectivity index (χ1v) is 5.86. The van der Waals surface area contributed by atoms with E-state index in [-0.39, 0.29) is 16.5 Å². The zero-order valence-electron chi connectivity index (χ0n) is 7.20. The van der Waals surface area contributed by atoms with Crippen molar-refractivity contribution in [1.82, 2.24) is 4.98 Å². The Morgan fingerprint density at radius 2 is 2.14 bits per heavy atom. The molecule has 0 N–H and O–H groups in total. The van der Waals surface area contributed by atoms with Crippen LogP contribution in [-0.2, 0) is 20.1 Å². The Hall–Kier alpha value is -0.360. The Labute approximate surface area is 91.9 Å². The van der Waals surface area contributed by atoms with Gasteiger partial charge in [-0.3, -0.25) is 9.17 Å². The molecule has 0 amide bonds. The van der Waals surface area contributed by atoms with Gasteiger partial charge in [0.2, 0.25) is 0 Å². The molecule has 1 rings (SSSR count). The van der Waals surface area contributed by atoms with E-state index in [1.807, 2.05) is 0 Å². The van der Waals surface area contributed by atoms with E-state index < -0.39 is 10.1 Å². The predicted octanol–water partition coefficient (Wildman–Crippen LogP) is 1.86. The highest BCUT2D eigenvalue weighted by Crippen LogP contribution is 2.20. The molecule has 0 aliphatic rings. The highest BCUT2D eigenvalue weighted by atomic mass is 35.5. The van der Waals surface area contributed by atoms with Gasteiger partial charge in [0.05, 0.1) is 22.8 Å². The number of pyridine rings is 1. The lowest BCUT2D eigenvalue weighted by molar-refractivity contribution is 0.396. The molecule has 0 bridgehead atoms. The quantitative estimate of drug-likeness (QED) is 0.774. The largest absolute Gasteiger partial charge is 0.273 e. The SMILES string of the molecule is COS(=O)(=O)Cc1ncc(Cl)cc1Cl. The summed E-state index contributed by atoms with van der Waals surface area (Å²) in [5.74, 6) is -0.362. The van der Waals surface area contributed by atoms with Crippen LogP contribution >= 0.6 is 23.2 Å². The van der Waals surface area contributed by atoms with Crippen molar-refractivity contribution in [2.75, 3.05) is 7.11 Å². The van der Waals surface area contributed by atoms with Crippen molar-refractivity contribution in [2.24, 2.45) is 0 Å². The predicted molar refractivity (Wildman–Crippen MR) is 53.9 cm³/mol. The van der Waals surface area contributed by atoms with Crippen LogP contribution in [0.4, 0.5) is 0 Å². The number of rotatable bonds is 3. The van der Waals surface area contributed by atoms with Gasteiger partial charge in [-0.2, -0.15) is 8.42 Å². The zero-order chi connectivity index (χ0) is 10.8. The maximum absolute atomic E-state index is 11.1. The average Bonchev–Trinajstić information content (AvgIpc) is 2.10. The van der Waals surface area contributed by atoms with E-state index in [0.29, 0.717) is 5.02 Å². The van der Waals surface area contributed by atoms with Crippen LogP contribution in [0.25, 0.3) is 0 Å². The molecule has 1 heterocycles. The molecule has 14 heavy (non-hydrogen) atoms. The minimum absolute atomic E-state index is 0.207. The number of hydrogen-bond acceptors (Lipinski definition) is 4. The molecule has 0 aliphatic heterocycles. The molecule has 0 radical (unpaired) electrons. The van der Waals surface area contributed by atoms with Crippen LogP contribution in [0, 0.1) is 0 Å². The second-order valence-corrected chi connectivity index (χ2v) is 5.03. The zero-order valence-corrected chi connectivity index (χ0v) is 9.53. The average molecular weight is 256 g/mol. The van der Waals surface area contributed by atoms with E-state index in [1.165, 1.54) is 12.3 Å². The Kier molecular flexibility index (Phi) is 3.71. The fourth-order valence-electron chi connectivity index (χ4n) is 0.775. The highest BCUT2D eigenvalue weighted by Gasteiger charge is 2.14. The van der Waals surface area contributed by atoms with Crippen LogP contribution < -0.4 is 0 Å². The van der Waals surface area contributed by atoms with Gasteiger partial charge in [0.15, 0.2) is 0 Å². The third kappa shape index (κ3) is 3.09. The van der Waals surface area contributed by atoms with Crippen LogP contribution in [0.15, 0.2) is 12.3 Å². The van der Waals surface area contributed by atoms with E-state index in [0.717, 1.165) is 7.11 Å². The molecule has 0 fully saturated rings. The summed E-state index contributed by atoms with van der Waals surface area (Å²) in [7, 11) is -2.52. The molecule has 0 aromatic carbocycles. The molecule has 0 saturated carbocycles. The van der Waals surface area contributed by atoms with Gasteiger partial charge >= 0.3 is 0 Å². The molecular formula is C7H7Cl2NO3S. The Bertz CT molecular complexity index is 433.